The van der Waals surface area contributed by atoms with Gasteiger partial charge in [-0.15, -0.1) is 0 Å². The SMILES string of the molecule is NC(c1ccc(Cl)c(Cl)c1)c1ccc2c(c1)OCO2. The van der Waals surface area contributed by atoms with E-state index in [1.807, 2.05) is 24.3 Å². The number of nitrogens with two attached hydrogens (primary N) is 1. The Morgan fingerprint density at radius 1 is 0.895 bits per heavy atom. The topological polar surface area (TPSA) is 44.5 Å². The standard InChI is InChI=1S/C14H11Cl2NO2/c15-10-3-1-8(5-11(10)16)14(17)9-2-4-12-13(6-9)19-7-18-12/h1-6,14H,7,17H2. The van der Waals surface area contributed by atoms with Crippen LogP contribution < -0.4 is 15.2 Å². The fourth-order valence-electron chi connectivity index (χ4n) is 2.00. The van der Waals surface area contributed by atoms with Gasteiger partial charge in [0, 0.05) is 0 Å². The van der Waals surface area contributed by atoms with E-state index in [1.54, 1.807) is 12.1 Å². The van der Waals surface area contributed by atoms with Gasteiger partial charge in [0.05, 0.1) is 16.1 Å². The van der Waals surface area contributed by atoms with E-state index in [2.05, 4.69) is 0 Å². The second-order valence-corrected chi connectivity index (χ2v) is 5.08. The Morgan fingerprint density at radius 2 is 1.58 bits per heavy atom. The lowest BCUT2D eigenvalue weighted by atomic mass is 9.99. The Labute approximate surface area is 120 Å². The monoisotopic (exact) mass is 295 g/mol. The van der Waals surface area contributed by atoms with Crippen LogP contribution in [-0.4, -0.2) is 6.79 Å². The van der Waals surface area contributed by atoms with Gasteiger partial charge in [0.1, 0.15) is 0 Å². The fraction of sp³-hybridized carbons (Fsp3) is 0.143. The number of ether oxygens (including phenoxy) is 2. The summed E-state index contributed by atoms with van der Waals surface area (Å²) in [5, 5.41) is 1.01. The van der Waals surface area contributed by atoms with E-state index in [0.717, 1.165) is 16.9 Å². The summed E-state index contributed by atoms with van der Waals surface area (Å²) in [6, 6.07) is 10.8. The highest BCUT2D eigenvalue weighted by Crippen LogP contribution is 2.35. The molecule has 0 aromatic heterocycles. The van der Waals surface area contributed by atoms with Crippen molar-refractivity contribution >= 4 is 23.2 Å². The molecule has 0 radical (unpaired) electrons. The van der Waals surface area contributed by atoms with E-state index in [0.29, 0.717) is 15.8 Å². The molecule has 98 valence electrons. The van der Waals surface area contributed by atoms with Crippen LogP contribution >= 0.6 is 23.2 Å². The average molecular weight is 296 g/mol. The highest BCUT2D eigenvalue weighted by Gasteiger charge is 2.17. The second-order valence-electron chi connectivity index (χ2n) is 4.26. The molecule has 0 bridgehead atoms. The number of halogens is 2. The van der Waals surface area contributed by atoms with Crippen molar-refractivity contribution in [1.29, 1.82) is 0 Å². The highest BCUT2D eigenvalue weighted by molar-refractivity contribution is 6.42. The van der Waals surface area contributed by atoms with E-state index in [9.17, 15) is 0 Å². The van der Waals surface area contributed by atoms with Crippen molar-refractivity contribution in [1.82, 2.24) is 0 Å². The number of hydrogen-bond acceptors (Lipinski definition) is 3. The minimum atomic E-state index is -0.288. The third-order valence-corrected chi connectivity index (χ3v) is 3.80. The van der Waals surface area contributed by atoms with Crippen LogP contribution in [-0.2, 0) is 0 Å². The van der Waals surface area contributed by atoms with Gasteiger partial charge in [0.15, 0.2) is 11.5 Å². The molecular weight excluding hydrogens is 285 g/mol. The summed E-state index contributed by atoms with van der Waals surface area (Å²) in [4.78, 5) is 0. The largest absolute Gasteiger partial charge is 0.454 e. The lowest BCUT2D eigenvalue weighted by Crippen LogP contribution is -2.11. The zero-order valence-electron chi connectivity index (χ0n) is 9.90. The van der Waals surface area contributed by atoms with Crippen LogP contribution in [0.1, 0.15) is 17.2 Å². The van der Waals surface area contributed by atoms with Gasteiger partial charge in [-0.25, -0.2) is 0 Å². The molecule has 2 aromatic carbocycles. The minimum absolute atomic E-state index is 0.251. The van der Waals surface area contributed by atoms with Crippen molar-refractivity contribution in [2.45, 2.75) is 6.04 Å². The van der Waals surface area contributed by atoms with Gasteiger partial charge in [-0.2, -0.15) is 0 Å². The van der Waals surface area contributed by atoms with Gasteiger partial charge in [0.2, 0.25) is 6.79 Å². The van der Waals surface area contributed by atoms with Crippen LogP contribution in [0.3, 0.4) is 0 Å². The molecular formula is C14H11Cl2NO2. The van der Waals surface area contributed by atoms with E-state index in [-0.39, 0.29) is 12.8 Å². The highest BCUT2D eigenvalue weighted by atomic mass is 35.5. The molecule has 1 aliphatic rings. The van der Waals surface area contributed by atoms with Crippen molar-refractivity contribution < 1.29 is 9.47 Å². The van der Waals surface area contributed by atoms with Crippen molar-refractivity contribution in [3.8, 4) is 11.5 Å². The smallest absolute Gasteiger partial charge is 0.231 e. The Hall–Kier alpha value is -1.42. The summed E-state index contributed by atoms with van der Waals surface area (Å²) in [7, 11) is 0. The van der Waals surface area contributed by atoms with Gasteiger partial charge < -0.3 is 15.2 Å². The van der Waals surface area contributed by atoms with E-state index >= 15 is 0 Å². The molecule has 3 rings (SSSR count). The van der Waals surface area contributed by atoms with E-state index < -0.39 is 0 Å². The molecule has 1 atom stereocenters. The Balaban J connectivity index is 1.94. The third-order valence-electron chi connectivity index (χ3n) is 3.06. The molecule has 19 heavy (non-hydrogen) atoms. The maximum atomic E-state index is 6.23. The summed E-state index contributed by atoms with van der Waals surface area (Å²) in [5.74, 6) is 1.46. The first-order chi connectivity index (χ1) is 9.15. The van der Waals surface area contributed by atoms with Crippen LogP contribution in [0, 0.1) is 0 Å². The summed E-state index contributed by atoms with van der Waals surface area (Å²) >= 11 is 11.9. The predicted molar refractivity (Wildman–Crippen MR) is 75.1 cm³/mol. The molecule has 0 saturated heterocycles. The molecule has 0 aliphatic carbocycles. The van der Waals surface area contributed by atoms with Gasteiger partial charge >= 0.3 is 0 Å². The summed E-state index contributed by atoms with van der Waals surface area (Å²) in [5.41, 5.74) is 8.06. The maximum absolute atomic E-state index is 6.23. The van der Waals surface area contributed by atoms with Crippen LogP contribution in [0.25, 0.3) is 0 Å². The average Bonchev–Trinajstić information content (AvgIpc) is 2.88. The first-order valence-corrected chi connectivity index (χ1v) is 6.51. The Kier molecular flexibility index (Phi) is 3.27. The van der Waals surface area contributed by atoms with Crippen LogP contribution in [0.5, 0.6) is 11.5 Å². The van der Waals surface area contributed by atoms with Gasteiger partial charge in [-0.3, -0.25) is 0 Å². The van der Waals surface area contributed by atoms with Crippen molar-refractivity contribution in [3.63, 3.8) is 0 Å². The van der Waals surface area contributed by atoms with E-state index in [4.69, 9.17) is 38.4 Å². The Bertz CT molecular complexity index is 631. The molecule has 2 aromatic rings. The second kappa shape index (κ2) is 4.93. The lowest BCUT2D eigenvalue weighted by molar-refractivity contribution is 0.174. The van der Waals surface area contributed by atoms with Crippen LogP contribution in [0.15, 0.2) is 36.4 Å². The molecule has 0 spiro atoms. The normalized spacial score (nSPS) is 14.5. The predicted octanol–water partition coefficient (Wildman–Crippen LogP) is 3.77. The van der Waals surface area contributed by atoms with Crippen molar-refractivity contribution in [3.05, 3.63) is 57.6 Å². The molecule has 3 nitrogen and oxygen atoms in total. The number of benzene rings is 2. The van der Waals surface area contributed by atoms with Crippen molar-refractivity contribution in [2.75, 3.05) is 6.79 Å². The summed E-state index contributed by atoms with van der Waals surface area (Å²) in [6.07, 6.45) is 0. The molecule has 5 heteroatoms. The van der Waals surface area contributed by atoms with Gasteiger partial charge in [0.25, 0.3) is 0 Å². The number of fused-ring (bicyclic) bond motifs is 1. The molecule has 0 amide bonds. The zero-order chi connectivity index (χ0) is 13.4. The number of rotatable bonds is 2. The molecule has 1 aliphatic heterocycles. The zero-order valence-corrected chi connectivity index (χ0v) is 11.4. The first kappa shape index (κ1) is 12.6. The summed E-state index contributed by atoms with van der Waals surface area (Å²) in [6.45, 7) is 0.251. The molecule has 0 fully saturated rings. The summed E-state index contributed by atoms with van der Waals surface area (Å²) < 4.78 is 10.6. The van der Waals surface area contributed by atoms with Gasteiger partial charge in [-0.05, 0) is 35.4 Å². The maximum Gasteiger partial charge on any atom is 0.231 e. The van der Waals surface area contributed by atoms with Gasteiger partial charge in [-0.1, -0.05) is 35.3 Å². The van der Waals surface area contributed by atoms with Crippen molar-refractivity contribution in [2.24, 2.45) is 5.73 Å². The molecule has 1 unspecified atom stereocenters. The minimum Gasteiger partial charge on any atom is -0.454 e. The van der Waals surface area contributed by atoms with E-state index in [1.165, 1.54) is 0 Å². The third kappa shape index (κ3) is 2.37. The molecule has 2 N–H and O–H groups in total. The lowest BCUT2D eigenvalue weighted by Gasteiger charge is -2.14. The Morgan fingerprint density at radius 3 is 2.37 bits per heavy atom. The molecule has 0 saturated carbocycles. The number of hydrogen-bond donors (Lipinski definition) is 1. The van der Waals surface area contributed by atoms with Crippen LogP contribution in [0.4, 0.5) is 0 Å². The quantitative estimate of drug-likeness (QED) is 0.917. The first-order valence-electron chi connectivity index (χ1n) is 5.75. The van der Waals surface area contributed by atoms with Crippen LogP contribution in [0.2, 0.25) is 10.0 Å². The fourth-order valence-corrected chi connectivity index (χ4v) is 2.31. The molecule has 1 heterocycles.